The molecular formula is C18H25IN2. The molecule has 0 N–H and O–H groups in total. The Balaban J connectivity index is 0.00000220. The fourth-order valence-corrected chi connectivity index (χ4v) is 2.29. The summed E-state index contributed by atoms with van der Waals surface area (Å²) in [6.07, 6.45) is 10.8. The third kappa shape index (κ3) is 5.23. The quantitative estimate of drug-likeness (QED) is 0.674. The molecule has 0 spiro atoms. The van der Waals surface area contributed by atoms with Gasteiger partial charge in [0.05, 0.1) is 0 Å². The molecule has 0 amide bonds. The maximum atomic E-state index is 2.36. The van der Waals surface area contributed by atoms with Gasteiger partial charge in [-0.25, -0.2) is 0 Å². The van der Waals surface area contributed by atoms with Crippen LogP contribution in [0.15, 0.2) is 54.3 Å². The molecule has 1 aromatic carbocycles. The molecular weight excluding hydrogens is 371 g/mol. The van der Waals surface area contributed by atoms with Gasteiger partial charge in [0.2, 0.25) is 0 Å². The molecule has 1 heterocycles. The van der Waals surface area contributed by atoms with Crippen molar-refractivity contribution in [2.45, 2.75) is 13.8 Å². The fourth-order valence-electron chi connectivity index (χ4n) is 2.29. The van der Waals surface area contributed by atoms with E-state index in [0.29, 0.717) is 0 Å². The molecule has 1 aliphatic heterocycles. The molecule has 3 heteroatoms. The average Bonchev–Trinajstić information content (AvgIpc) is 2.49. The molecule has 1 aromatic rings. The molecule has 0 bridgehead atoms. The van der Waals surface area contributed by atoms with Crippen molar-refractivity contribution in [3.8, 4) is 0 Å². The van der Waals surface area contributed by atoms with Gasteiger partial charge < -0.3 is 9.80 Å². The first kappa shape index (κ1) is 17.8. The molecule has 114 valence electrons. The van der Waals surface area contributed by atoms with Crippen LogP contribution in [0.3, 0.4) is 0 Å². The van der Waals surface area contributed by atoms with Gasteiger partial charge in [-0.2, -0.15) is 0 Å². The molecule has 0 aliphatic carbocycles. The van der Waals surface area contributed by atoms with E-state index in [4.69, 9.17) is 0 Å². The highest BCUT2D eigenvalue weighted by Gasteiger charge is 2.00. The Kier molecular flexibility index (Phi) is 7.57. The first-order chi connectivity index (χ1) is 9.72. The Morgan fingerprint density at radius 1 is 1.10 bits per heavy atom. The van der Waals surface area contributed by atoms with Crippen LogP contribution in [0, 0.1) is 0 Å². The Labute approximate surface area is 145 Å². The van der Waals surface area contributed by atoms with Crippen LogP contribution in [0.4, 0.5) is 5.69 Å². The van der Waals surface area contributed by atoms with E-state index in [-0.39, 0.29) is 24.0 Å². The van der Waals surface area contributed by atoms with Crippen LogP contribution >= 0.6 is 24.0 Å². The van der Waals surface area contributed by atoms with Crippen LogP contribution in [0.25, 0.3) is 6.08 Å². The first-order valence-electron chi connectivity index (χ1n) is 7.34. The molecule has 2 rings (SSSR count). The van der Waals surface area contributed by atoms with E-state index in [9.17, 15) is 0 Å². The Morgan fingerprint density at radius 2 is 1.76 bits per heavy atom. The SMILES string of the molecule is CCN(CC)c1ccc(C=CC2=CCN(C)C=C2)cc1.I. The monoisotopic (exact) mass is 396 g/mol. The van der Waals surface area contributed by atoms with Crippen molar-refractivity contribution >= 4 is 35.7 Å². The summed E-state index contributed by atoms with van der Waals surface area (Å²) in [5.41, 5.74) is 3.82. The molecule has 0 saturated carbocycles. The van der Waals surface area contributed by atoms with E-state index in [1.165, 1.54) is 16.8 Å². The number of hydrogen-bond donors (Lipinski definition) is 0. The predicted molar refractivity (Wildman–Crippen MR) is 104 cm³/mol. The van der Waals surface area contributed by atoms with E-state index in [1.807, 2.05) is 0 Å². The highest BCUT2D eigenvalue weighted by Crippen LogP contribution is 2.16. The van der Waals surface area contributed by atoms with Gasteiger partial charge in [0.15, 0.2) is 0 Å². The number of benzene rings is 1. The van der Waals surface area contributed by atoms with E-state index in [1.54, 1.807) is 0 Å². The minimum absolute atomic E-state index is 0. The summed E-state index contributed by atoms with van der Waals surface area (Å²) in [7, 11) is 2.08. The number of allylic oxidation sites excluding steroid dienone is 3. The lowest BCUT2D eigenvalue weighted by atomic mass is 10.1. The van der Waals surface area contributed by atoms with Crippen molar-refractivity contribution in [1.29, 1.82) is 0 Å². The number of likely N-dealkylation sites (N-methyl/N-ethyl adjacent to an activating group) is 1. The summed E-state index contributed by atoms with van der Waals surface area (Å²) < 4.78 is 0. The van der Waals surface area contributed by atoms with Crippen LogP contribution in [0.1, 0.15) is 19.4 Å². The minimum Gasteiger partial charge on any atom is -0.377 e. The van der Waals surface area contributed by atoms with E-state index in [0.717, 1.165) is 19.6 Å². The van der Waals surface area contributed by atoms with Gasteiger partial charge in [-0.3, -0.25) is 0 Å². The molecule has 0 radical (unpaired) electrons. The maximum Gasteiger partial charge on any atom is 0.0366 e. The van der Waals surface area contributed by atoms with Crippen molar-refractivity contribution in [2.24, 2.45) is 0 Å². The lowest BCUT2D eigenvalue weighted by molar-refractivity contribution is 0.503. The van der Waals surface area contributed by atoms with Gasteiger partial charge in [0.1, 0.15) is 0 Å². The van der Waals surface area contributed by atoms with Crippen LogP contribution in [0.2, 0.25) is 0 Å². The van der Waals surface area contributed by atoms with E-state index < -0.39 is 0 Å². The molecule has 21 heavy (non-hydrogen) atoms. The molecule has 0 fully saturated rings. The normalized spacial score (nSPS) is 14.0. The molecule has 0 atom stereocenters. The molecule has 0 aromatic heterocycles. The van der Waals surface area contributed by atoms with Crippen LogP contribution < -0.4 is 4.90 Å². The summed E-state index contributed by atoms with van der Waals surface area (Å²) >= 11 is 0. The summed E-state index contributed by atoms with van der Waals surface area (Å²) in [6, 6.07) is 8.77. The smallest absolute Gasteiger partial charge is 0.0366 e. The summed E-state index contributed by atoms with van der Waals surface area (Å²) in [6.45, 7) is 7.47. The molecule has 1 aliphatic rings. The Morgan fingerprint density at radius 3 is 2.29 bits per heavy atom. The Hall–Kier alpha value is -1.23. The van der Waals surface area contributed by atoms with Crippen molar-refractivity contribution in [1.82, 2.24) is 4.90 Å². The minimum atomic E-state index is 0. The van der Waals surface area contributed by atoms with Crippen molar-refractivity contribution < 1.29 is 0 Å². The van der Waals surface area contributed by atoms with Gasteiger partial charge in [-0.15, -0.1) is 24.0 Å². The zero-order valence-electron chi connectivity index (χ0n) is 13.1. The second-order valence-electron chi connectivity index (χ2n) is 5.06. The number of hydrogen-bond acceptors (Lipinski definition) is 2. The largest absolute Gasteiger partial charge is 0.377 e. The highest BCUT2D eigenvalue weighted by atomic mass is 127. The van der Waals surface area contributed by atoms with E-state index in [2.05, 4.69) is 85.5 Å². The number of rotatable bonds is 5. The molecule has 2 nitrogen and oxygen atoms in total. The van der Waals surface area contributed by atoms with Crippen LogP contribution in [0.5, 0.6) is 0 Å². The summed E-state index contributed by atoms with van der Waals surface area (Å²) in [5, 5.41) is 0. The second-order valence-corrected chi connectivity index (χ2v) is 5.06. The lowest BCUT2D eigenvalue weighted by Gasteiger charge is -2.20. The van der Waals surface area contributed by atoms with Gasteiger partial charge in [-0.05, 0) is 49.4 Å². The van der Waals surface area contributed by atoms with Crippen LogP contribution in [-0.4, -0.2) is 31.6 Å². The van der Waals surface area contributed by atoms with Crippen molar-refractivity contribution in [3.63, 3.8) is 0 Å². The number of nitrogens with zero attached hydrogens (tertiary/aromatic N) is 2. The third-order valence-electron chi connectivity index (χ3n) is 3.63. The number of halogens is 1. The molecule has 0 saturated heterocycles. The zero-order valence-corrected chi connectivity index (χ0v) is 15.5. The van der Waals surface area contributed by atoms with Gasteiger partial charge in [0, 0.05) is 32.4 Å². The highest BCUT2D eigenvalue weighted by molar-refractivity contribution is 14.0. The summed E-state index contributed by atoms with van der Waals surface area (Å²) in [5.74, 6) is 0. The topological polar surface area (TPSA) is 6.48 Å². The third-order valence-corrected chi connectivity index (χ3v) is 3.63. The average molecular weight is 396 g/mol. The standard InChI is InChI=1S/C18H24N2.HI/c1-4-20(5-2)18-10-8-16(9-11-18)6-7-17-12-14-19(3)15-13-17;/h6-14H,4-5,15H2,1-3H3;1H. The summed E-state index contributed by atoms with van der Waals surface area (Å²) in [4.78, 5) is 4.52. The lowest BCUT2D eigenvalue weighted by Crippen LogP contribution is -2.21. The fraction of sp³-hybridized carbons (Fsp3) is 0.333. The number of anilines is 1. The van der Waals surface area contributed by atoms with Crippen molar-refractivity contribution in [3.05, 3.63) is 59.8 Å². The maximum absolute atomic E-state index is 2.36. The van der Waals surface area contributed by atoms with Gasteiger partial charge in [0.25, 0.3) is 0 Å². The molecule has 0 unspecified atom stereocenters. The zero-order chi connectivity index (χ0) is 14.4. The van der Waals surface area contributed by atoms with Gasteiger partial charge >= 0.3 is 0 Å². The Bertz CT molecular complexity index is 511. The van der Waals surface area contributed by atoms with Crippen LogP contribution in [-0.2, 0) is 0 Å². The van der Waals surface area contributed by atoms with E-state index >= 15 is 0 Å². The van der Waals surface area contributed by atoms with Crippen molar-refractivity contribution in [2.75, 3.05) is 31.6 Å². The predicted octanol–water partition coefficient (Wildman–Crippen LogP) is 4.55. The second kappa shape index (κ2) is 8.93. The first-order valence-corrected chi connectivity index (χ1v) is 7.34. The van der Waals surface area contributed by atoms with Gasteiger partial charge in [-0.1, -0.05) is 30.4 Å².